The van der Waals surface area contributed by atoms with Crippen molar-refractivity contribution in [2.24, 2.45) is 0 Å². The second kappa shape index (κ2) is 4.95. The first-order valence-corrected chi connectivity index (χ1v) is 4.01. The van der Waals surface area contributed by atoms with Crippen LogP contribution in [0.15, 0.2) is 36.0 Å². The second-order valence-corrected chi connectivity index (χ2v) is 3.20. The van der Waals surface area contributed by atoms with Crippen molar-refractivity contribution in [2.45, 2.75) is 33.6 Å². The van der Waals surface area contributed by atoms with Crippen molar-refractivity contribution in [1.29, 1.82) is 0 Å². The van der Waals surface area contributed by atoms with E-state index < -0.39 is 0 Å². The molecule has 0 bridgehead atoms. The molecule has 0 radical (unpaired) electrons. The fourth-order valence-electron chi connectivity index (χ4n) is 0.748. The summed E-state index contributed by atoms with van der Waals surface area (Å²) in [5, 5.41) is 0. The van der Waals surface area contributed by atoms with E-state index in [0.29, 0.717) is 0 Å². The van der Waals surface area contributed by atoms with E-state index in [9.17, 15) is 0 Å². The highest BCUT2D eigenvalue weighted by Gasteiger charge is 1.91. The average molecular weight is 150 g/mol. The van der Waals surface area contributed by atoms with Gasteiger partial charge in [0, 0.05) is 0 Å². The fourth-order valence-corrected chi connectivity index (χ4v) is 0.748. The molecule has 0 aliphatic heterocycles. The molecule has 0 aromatic carbocycles. The van der Waals surface area contributed by atoms with E-state index in [1.807, 2.05) is 6.92 Å². The van der Waals surface area contributed by atoms with Gasteiger partial charge in [-0.2, -0.15) is 0 Å². The molecule has 0 aromatic heterocycles. The van der Waals surface area contributed by atoms with Crippen LogP contribution in [0.3, 0.4) is 0 Å². The van der Waals surface area contributed by atoms with Crippen LogP contribution in [0.2, 0.25) is 0 Å². The topological polar surface area (TPSA) is 0 Å². The van der Waals surface area contributed by atoms with E-state index >= 15 is 0 Å². The number of hydrogen-bond acceptors (Lipinski definition) is 0. The molecule has 0 heterocycles. The van der Waals surface area contributed by atoms with E-state index in [-0.39, 0.29) is 0 Å². The predicted molar refractivity (Wildman–Crippen MR) is 52.6 cm³/mol. The SMILES string of the molecule is C=C(C)C(=C)CCC=C(C)C. The molecular weight excluding hydrogens is 132 g/mol. The lowest BCUT2D eigenvalue weighted by molar-refractivity contribution is 0.980. The van der Waals surface area contributed by atoms with Gasteiger partial charge in [-0.25, -0.2) is 0 Å². The van der Waals surface area contributed by atoms with Gasteiger partial charge < -0.3 is 0 Å². The van der Waals surface area contributed by atoms with E-state index in [4.69, 9.17) is 0 Å². The van der Waals surface area contributed by atoms with Gasteiger partial charge in [-0.05, 0) is 33.6 Å². The van der Waals surface area contributed by atoms with Crippen LogP contribution >= 0.6 is 0 Å². The summed E-state index contributed by atoms with van der Waals surface area (Å²) in [5.74, 6) is 0. The molecule has 0 atom stereocenters. The van der Waals surface area contributed by atoms with Crippen LogP contribution in [0.25, 0.3) is 0 Å². The molecule has 0 saturated carbocycles. The van der Waals surface area contributed by atoms with Crippen molar-refractivity contribution in [2.75, 3.05) is 0 Å². The Balaban J connectivity index is 3.64. The molecule has 0 nitrogen and oxygen atoms in total. The third-order valence-corrected chi connectivity index (χ3v) is 1.60. The Kier molecular flexibility index (Phi) is 4.60. The lowest BCUT2D eigenvalue weighted by Crippen LogP contribution is -1.81. The zero-order chi connectivity index (χ0) is 8.85. The van der Waals surface area contributed by atoms with Gasteiger partial charge in [-0.3, -0.25) is 0 Å². The molecule has 0 amide bonds. The summed E-state index contributed by atoms with van der Waals surface area (Å²) in [4.78, 5) is 0. The third kappa shape index (κ3) is 5.65. The molecule has 0 saturated heterocycles. The fraction of sp³-hybridized carbons (Fsp3) is 0.455. The molecule has 0 aromatic rings. The summed E-state index contributed by atoms with van der Waals surface area (Å²) < 4.78 is 0. The maximum Gasteiger partial charge on any atom is -0.0248 e. The summed E-state index contributed by atoms with van der Waals surface area (Å²) in [7, 11) is 0. The maximum atomic E-state index is 3.92. The van der Waals surface area contributed by atoms with Crippen LogP contribution in [0.5, 0.6) is 0 Å². The molecule has 0 unspecified atom stereocenters. The molecule has 0 heteroatoms. The average Bonchev–Trinajstić information content (AvgIpc) is 1.86. The maximum absolute atomic E-state index is 3.92. The monoisotopic (exact) mass is 150 g/mol. The first kappa shape index (κ1) is 10.2. The van der Waals surface area contributed by atoms with Crippen molar-refractivity contribution in [3.8, 4) is 0 Å². The Morgan fingerprint density at radius 3 is 2.09 bits per heavy atom. The first-order valence-electron chi connectivity index (χ1n) is 4.01. The van der Waals surface area contributed by atoms with Gasteiger partial charge >= 0.3 is 0 Å². The Bertz CT molecular complexity index is 178. The smallest absolute Gasteiger partial charge is 0.0248 e. The molecule has 0 fully saturated rings. The predicted octanol–water partition coefficient (Wildman–Crippen LogP) is 3.87. The molecule has 62 valence electrons. The van der Waals surface area contributed by atoms with Gasteiger partial charge in [-0.1, -0.05) is 36.0 Å². The van der Waals surface area contributed by atoms with Crippen molar-refractivity contribution >= 4 is 0 Å². The Morgan fingerprint density at radius 2 is 1.73 bits per heavy atom. The van der Waals surface area contributed by atoms with E-state index in [2.05, 4.69) is 33.1 Å². The van der Waals surface area contributed by atoms with Gasteiger partial charge in [0.05, 0.1) is 0 Å². The highest BCUT2D eigenvalue weighted by molar-refractivity contribution is 5.22. The Morgan fingerprint density at radius 1 is 1.18 bits per heavy atom. The van der Waals surface area contributed by atoms with Gasteiger partial charge in [-0.15, -0.1) is 0 Å². The van der Waals surface area contributed by atoms with Gasteiger partial charge in [0.15, 0.2) is 0 Å². The van der Waals surface area contributed by atoms with Crippen molar-refractivity contribution < 1.29 is 0 Å². The summed E-state index contributed by atoms with van der Waals surface area (Å²) in [6.07, 6.45) is 4.36. The van der Waals surface area contributed by atoms with Crippen molar-refractivity contribution in [1.82, 2.24) is 0 Å². The van der Waals surface area contributed by atoms with E-state index in [0.717, 1.165) is 18.4 Å². The Labute approximate surface area is 70.3 Å². The van der Waals surface area contributed by atoms with E-state index in [1.54, 1.807) is 0 Å². The standard InChI is InChI=1S/C11H18/c1-9(2)7-6-8-11(5)10(3)4/h7H,3,5-6,8H2,1-2,4H3. The van der Waals surface area contributed by atoms with Crippen LogP contribution in [0, 0.1) is 0 Å². The van der Waals surface area contributed by atoms with Crippen LogP contribution < -0.4 is 0 Å². The number of allylic oxidation sites excluding steroid dienone is 4. The van der Waals surface area contributed by atoms with Gasteiger partial charge in [0.25, 0.3) is 0 Å². The first-order chi connectivity index (χ1) is 5.04. The minimum atomic E-state index is 1.04. The van der Waals surface area contributed by atoms with Crippen LogP contribution in [0.4, 0.5) is 0 Å². The van der Waals surface area contributed by atoms with E-state index in [1.165, 1.54) is 11.1 Å². The van der Waals surface area contributed by atoms with Crippen molar-refractivity contribution in [3.05, 3.63) is 36.0 Å². The Hall–Kier alpha value is -0.780. The third-order valence-electron chi connectivity index (χ3n) is 1.60. The van der Waals surface area contributed by atoms with Crippen molar-refractivity contribution in [3.63, 3.8) is 0 Å². The number of rotatable bonds is 4. The minimum absolute atomic E-state index is 1.04. The zero-order valence-electron chi connectivity index (χ0n) is 7.91. The second-order valence-electron chi connectivity index (χ2n) is 3.20. The minimum Gasteiger partial charge on any atom is -0.0959 e. The lowest BCUT2D eigenvalue weighted by atomic mass is 10.1. The molecular formula is C11H18. The zero-order valence-corrected chi connectivity index (χ0v) is 7.91. The van der Waals surface area contributed by atoms with Gasteiger partial charge in [0.2, 0.25) is 0 Å². The summed E-state index contributed by atoms with van der Waals surface area (Å²) in [6.45, 7) is 14.0. The normalized spacial score (nSPS) is 9.00. The molecule has 0 N–H and O–H groups in total. The molecule has 0 spiro atoms. The van der Waals surface area contributed by atoms with Crippen LogP contribution in [-0.4, -0.2) is 0 Å². The highest BCUT2D eigenvalue weighted by Crippen LogP contribution is 2.11. The summed E-state index contributed by atoms with van der Waals surface area (Å²) in [5.41, 5.74) is 3.65. The lowest BCUT2D eigenvalue weighted by Gasteiger charge is -2.01. The largest absolute Gasteiger partial charge is 0.0959 e. The van der Waals surface area contributed by atoms with Gasteiger partial charge in [0.1, 0.15) is 0 Å². The molecule has 11 heavy (non-hydrogen) atoms. The molecule has 0 aliphatic carbocycles. The molecule has 0 rings (SSSR count). The summed E-state index contributed by atoms with van der Waals surface area (Å²) in [6, 6.07) is 0. The number of hydrogen-bond donors (Lipinski definition) is 0. The van der Waals surface area contributed by atoms with Crippen LogP contribution in [0.1, 0.15) is 33.6 Å². The highest BCUT2D eigenvalue weighted by atomic mass is 14.0. The molecule has 0 aliphatic rings. The summed E-state index contributed by atoms with van der Waals surface area (Å²) >= 11 is 0. The quantitative estimate of drug-likeness (QED) is 0.421. The van der Waals surface area contributed by atoms with Crippen LogP contribution in [-0.2, 0) is 0 Å².